The molecule has 0 spiro atoms. The molecule has 0 unspecified atom stereocenters. The average Bonchev–Trinajstić information content (AvgIpc) is 2.41. The number of nitrogens with one attached hydrogen (secondary N) is 1. The maximum Gasteiger partial charge on any atom is 0.100 e. The summed E-state index contributed by atoms with van der Waals surface area (Å²) >= 11 is 0. The minimum Gasteiger partial charge on any atom is -0.366 e. The van der Waals surface area contributed by atoms with Gasteiger partial charge in [-0.3, -0.25) is 4.90 Å². The monoisotopic (exact) mass is 144 g/mol. The molecule has 1 heterocycles. The van der Waals surface area contributed by atoms with E-state index in [9.17, 15) is 0 Å². The first-order valence-corrected chi connectivity index (χ1v) is 3.94. The third-order valence-electron chi connectivity index (χ3n) is 1.56. The first-order chi connectivity index (χ1) is 4.93. The van der Waals surface area contributed by atoms with Gasteiger partial charge in [0.2, 0.25) is 0 Å². The van der Waals surface area contributed by atoms with Gasteiger partial charge in [-0.05, 0) is 6.42 Å². The normalized spacial score (nSPS) is 20.1. The van der Waals surface area contributed by atoms with Crippen LogP contribution in [-0.2, 0) is 4.74 Å². The highest BCUT2D eigenvalue weighted by Crippen LogP contribution is 1.92. The molecule has 0 bridgehead atoms. The first-order valence-electron chi connectivity index (χ1n) is 3.94. The van der Waals surface area contributed by atoms with E-state index in [0.717, 1.165) is 39.5 Å². The smallest absolute Gasteiger partial charge is 0.100 e. The second-order valence-electron chi connectivity index (χ2n) is 2.59. The molecule has 1 aliphatic rings. The topological polar surface area (TPSA) is 24.5 Å². The van der Waals surface area contributed by atoms with Crippen LogP contribution in [0, 0.1) is 0 Å². The van der Waals surface area contributed by atoms with Gasteiger partial charge >= 0.3 is 0 Å². The third-order valence-corrected chi connectivity index (χ3v) is 1.56. The molecular formula is C7H16N2O. The Morgan fingerprint density at radius 1 is 1.60 bits per heavy atom. The number of hydrogen-bond donors (Lipinski definition) is 1. The molecule has 0 aliphatic carbocycles. The molecule has 1 N–H and O–H groups in total. The molecule has 0 radical (unpaired) electrons. The van der Waals surface area contributed by atoms with E-state index < -0.39 is 0 Å². The maximum absolute atomic E-state index is 5.35. The molecule has 10 heavy (non-hydrogen) atoms. The summed E-state index contributed by atoms with van der Waals surface area (Å²) in [6.07, 6.45) is 1.11. The van der Waals surface area contributed by atoms with Crippen LogP contribution in [-0.4, -0.2) is 38.0 Å². The van der Waals surface area contributed by atoms with Crippen LogP contribution in [0.3, 0.4) is 0 Å². The molecule has 3 heteroatoms. The fourth-order valence-electron chi connectivity index (χ4n) is 1.00. The van der Waals surface area contributed by atoms with Crippen molar-refractivity contribution in [3.63, 3.8) is 0 Å². The molecule has 0 aromatic rings. The van der Waals surface area contributed by atoms with Gasteiger partial charge in [0.25, 0.3) is 0 Å². The Kier molecular flexibility index (Phi) is 3.72. The van der Waals surface area contributed by atoms with Crippen molar-refractivity contribution in [2.45, 2.75) is 13.3 Å². The van der Waals surface area contributed by atoms with Gasteiger partial charge in [0.1, 0.15) is 6.73 Å². The molecular weight excluding hydrogens is 128 g/mol. The van der Waals surface area contributed by atoms with Gasteiger partial charge in [0, 0.05) is 19.7 Å². The highest BCUT2D eigenvalue weighted by Gasteiger charge is 2.08. The summed E-state index contributed by atoms with van der Waals surface area (Å²) in [4.78, 5) is 2.26. The summed E-state index contributed by atoms with van der Waals surface area (Å²) in [6, 6.07) is 0. The van der Waals surface area contributed by atoms with Gasteiger partial charge in [-0.25, -0.2) is 0 Å². The maximum atomic E-state index is 5.35. The number of nitrogens with zero attached hydrogens (tertiary/aromatic N) is 1. The summed E-state index contributed by atoms with van der Waals surface area (Å²) in [5.74, 6) is 0. The van der Waals surface area contributed by atoms with Crippen molar-refractivity contribution in [1.82, 2.24) is 10.2 Å². The lowest BCUT2D eigenvalue weighted by Crippen LogP contribution is -2.25. The van der Waals surface area contributed by atoms with Gasteiger partial charge in [-0.1, -0.05) is 6.92 Å². The highest BCUT2D eigenvalue weighted by atomic mass is 16.5. The summed E-state index contributed by atoms with van der Waals surface area (Å²) < 4.78 is 5.35. The van der Waals surface area contributed by atoms with E-state index in [4.69, 9.17) is 4.74 Å². The van der Waals surface area contributed by atoms with Gasteiger partial charge < -0.3 is 10.1 Å². The zero-order valence-corrected chi connectivity index (χ0v) is 6.60. The second kappa shape index (κ2) is 4.66. The molecule has 0 aromatic carbocycles. The van der Waals surface area contributed by atoms with Crippen molar-refractivity contribution in [1.29, 1.82) is 0 Å². The minimum atomic E-state index is 0.792. The zero-order valence-electron chi connectivity index (χ0n) is 6.60. The Balaban J connectivity index is 1.91. The van der Waals surface area contributed by atoms with E-state index >= 15 is 0 Å². The SMILES string of the molecule is CCCOCN1CCNC1. The molecule has 1 aliphatic heterocycles. The van der Waals surface area contributed by atoms with Crippen LogP contribution >= 0.6 is 0 Å². The summed E-state index contributed by atoms with van der Waals surface area (Å²) in [6.45, 7) is 7.03. The van der Waals surface area contributed by atoms with Crippen LogP contribution < -0.4 is 5.32 Å². The molecule has 3 nitrogen and oxygen atoms in total. The fraction of sp³-hybridized carbons (Fsp3) is 1.00. The second-order valence-corrected chi connectivity index (χ2v) is 2.59. The quantitative estimate of drug-likeness (QED) is 0.572. The van der Waals surface area contributed by atoms with Crippen LogP contribution in [0.4, 0.5) is 0 Å². The summed E-state index contributed by atoms with van der Waals surface area (Å²) in [5, 5.41) is 3.25. The Morgan fingerprint density at radius 3 is 3.10 bits per heavy atom. The van der Waals surface area contributed by atoms with Crippen LogP contribution in [0.2, 0.25) is 0 Å². The summed E-state index contributed by atoms with van der Waals surface area (Å²) in [7, 11) is 0. The predicted molar refractivity (Wildman–Crippen MR) is 40.7 cm³/mol. The molecule has 0 aromatic heterocycles. The molecule has 1 rings (SSSR count). The van der Waals surface area contributed by atoms with Gasteiger partial charge in [-0.15, -0.1) is 0 Å². The van der Waals surface area contributed by atoms with Crippen LogP contribution in [0.5, 0.6) is 0 Å². The largest absolute Gasteiger partial charge is 0.366 e. The van der Waals surface area contributed by atoms with E-state index in [2.05, 4.69) is 17.1 Å². The lowest BCUT2D eigenvalue weighted by atomic mass is 10.5. The minimum absolute atomic E-state index is 0.792. The van der Waals surface area contributed by atoms with Gasteiger partial charge in [-0.2, -0.15) is 0 Å². The average molecular weight is 144 g/mol. The van der Waals surface area contributed by atoms with Crippen molar-refractivity contribution >= 4 is 0 Å². The molecule has 0 amide bonds. The lowest BCUT2D eigenvalue weighted by Gasteiger charge is -2.12. The molecule has 60 valence electrons. The van der Waals surface area contributed by atoms with Crippen molar-refractivity contribution in [2.24, 2.45) is 0 Å². The number of ether oxygens (including phenoxy) is 1. The molecule has 0 saturated carbocycles. The van der Waals surface area contributed by atoms with Crippen molar-refractivity contribution in [2.75, 3.05) is 33.1 Å². The van der Waals surface area contributed by atoms with Crippen LogP contribution in [0.1, 0.15) is 13.3 Å². The van der Waals surface area contributed by atoms with Gasteiger partial charge in [0.15, 0.2) is 0 Å². The predicted octanol–water partition coefficient (Wildman–Crippen LogP) is 0.233. The standard InChI is InChI=1S/C7H16N2O/c1-2-5-10-7-9-4-3-8-6-9/h8H,2-7H2,1H3. The van der Waals surface area contributed by atoms with Gasteiger partial charge in [0.05, 0.1) is 6.67 Å². The molecule has 0 atom stereocenters. The Bertz CT molecular complexity index is 81.7. The Morgan fingerprint density at radius 2 is 2.50 bits per heavy atom. The number of rotatable bonds is 4. The van der Waals surface area contributed by atoms with E-state index in [-0.39, 0.29) is 0 Å². The Hall–Kier alpha value is -0.120. The van der Waals surface area contributed by atoms with E-state index in [1.54, 1.807) is 0 Å². The zero-order chi connectivity index (χ0) is 7.23. The van der Waals surface area contributed by atoms with E-state index in [1.165, 1.54) is 0 Å². The van der Waals surface area contributed by atoms with Crippen molar-refractivity contribution in [3.05, 3.63) is 0 Å². The number of hydrogen-bond acceptors (Lipinski definition) is 3. The lowest BCUT2D eigenvalue weighted by molar-refractivity contribution is 0.0416. The highest BCUT2D eigenvalue weighted by molar-refractivity contribution is 4.61. The fourth-order valence-corrected chi connectivity index (χ4v) is 1.00. The first kappa shape index (κ1) is 7.98. The van der Waals surface area contributed by atoms with E-state index in [1.807, 2.05) is 0 Å². The van der Waals surface area contributed by atoms with Crippen molar-refractivity contribution in [3.8, 4) is 0 Å². The van der Waals surface area contributed by atoms with Crippen molar-refractivity contribution < 1.29 is 4.74 Å². The van der Waals surface area contributed by atoms with Crippen LogP contribution in [0.15, 0.2) is 0 Å². The van der Waals surface area contributed by atoms with Crippen LogP contribution in [0.25, 0.3) is 0 Å². The van der Waals surface area contributed by atoms with E-state index in [0.29, 0.717) is 0 Å². The summed E-state index contributed by atoms with van der Waals surface area (Å²) in [5.41, 5.74) is 0. The third kappa shape index (κ3) is 2.64. The Labute approximate surface area is 62.3 Å². The molecule has 1 saturated heterocycles. The molecule has 1 fully saturated rings.